The van der Waals surface area contributed by atoms with Crippen molar-refractivity contribution in [3.63, 3.8) is 0 Å². The van der Waals surface area contributed by atoms with Crippen LogP contribution in [0.3, 0.4) is 0 Å². The third-order valence-electron chi connectivity index (χ3n) is 3.22. The molecule has 2 aromatic carbocycles. The standard InChI is InChI=1S/C16H14FNO4/c1-20-14-8-10(17)6-7-11(14)18-16(19)15-9-21-12-4-2-3-5-13(12)22-15/h2-8,15H,9H2,1H3,(H,18,19). The van der Waals surface area contributed by atoms with Crippen LogP contribution in [0, 0.1) is 5.82 Å². The summed E-state index contributed by atoms with van der Waals surface area (Å²) >= 11 is 0. The van der Waals surface area contributed by atoms with Gasteiger partial charge in [-0.25, -0.2) is 4.39 Å². The van der Waals surface area contributed by atoms with Crippen LogP contribution in [0.15, 0.2) is 42.5 Å². The van der Waals surface area contributed by atoms with E-state index in [1.807, 2.05) is 6.07 Å². The van der Waals surface area contributed by atoms with Gasteiger partial charge in [-0.2, -0.15) is 0 Å². The minimum atomic E-state index is -0.787. The molecule has 3 rings (SSSR count). The normalized spacial score (nSPS) is 16.0. The van der Waals surface area contributed by atoms with Crippen LogP contribution in [-0.4, -0.2) is 25.7 Å². The summed E-state index contributed by atoms with van der Waals surface area (Å²) in [6.07, 6.45) is -0.787. The Morgan fingerprint density at radius 2 is 2.05 bits per heavy atom. The Morgan fingerprint density at radius 1 is 1.27 bits per heavy atom. The van der Waals surface area contributed by atoms with E-state index in [4.69, 9.17) is 14.2 Å². The highest BCUT2D eigenvalue weighted by molar-refractivity contribution is 5.96. The van der Waals surface area contributed by atoms with Crippen LogP contribution in [0.4, 0.5) is 10.1 Å². The third kappa shape index (κ3) is 2.81. The average molecular weight is 303 g/mol. The highest BCUT2D eigenvalue weighted by atomic mass is 19.1. The molecule has 1 N–H and O–H groups in total. The van der Waals surface area contributed by atoms with Gasteiger partial charge in [0.05, 0.1) is 12.8 Å². The Morgan fingerprint density at radius 3 is 2.82 bits per heavy atom. The summed E-state index contributed by atoms with van der Waals surface area (Å²) in [5.41, 5.74) is 0.372. The lowest BCUT2D eigenvalue weighted by atomic mass is 10.2. The number of anilines is 1. The molecular formula is C16H14FNO4. The van der Waals surface area contributed by atoms with Crippen LogP contribution >= 0.6 is 0 Å². The Balaban J connectivity index is 1.73. The van der Waals surface area contributed by atoms with Crippen LogP contribution in [0.25, 0.3) is 0 Å². The molecule has 0 aromatic heterocycles. The van der Waals surface area contributed by atoms with E-state index in [1.165, 1.54) is 25.3 Å². The number of ether oxygens (including phenoxy) is 3. The van der Waals surface area contributed by atoms with Crippen molar-refractivity contribution in [3.8, 4) is 17.2 Å². The number of carbonyl (C=O) groups excluding carboxylic acids is 1. The van der Waals surface area contributed by atoms with Gasteiger partial charge in [-0.05, 0) is 24.3 Å². The Kier molecular flexibility index (Phi) is 3.82. The smallest absolute Gasteiger partial charge is 0.269 e. The lowest BCUT2D eigenvalue weighted by Gasteiger charge is -2.25. The number of nitrogens with one attached hydrogen (secondary N) is 1. The van der Waals surface area contributed by atoms with Gasteiger partial charge in [-0.1, -0.05) is 12.1 Å². The summed E-state index contributed by atoms with van der Waals surface area (Å²) in [5.74, 6) is 0.525. The van der Waals surface area contributed by atoms with Crippen molar-refractivity contribution in [2.24, 2.45) is 0 Å². The number of halogens is 1. The molecule has 0 radical (unpaired) electrons. The molecule has 1 heterocycles. The third-order valence-corrected chi connectivity index (χ3v) is 3.22. The van der Waals surface area contributed by atoms with E-state index in [0.717, 1.165) is 0 Å². The summed E-state index contributed by atoms with van der Waals surface area (Å²) in [7, 11) is 1.40. The number of hydrogen-bond donors (Lipinski definition) is 1. The Labute approximate surface area is 126 Å². The SMILES string of the molecule is COc1cc(F)ccc1NC(=O)C1COc2ccccc2O1. The maximum Gasteiger partial charge on any atom is 0.269 e. The number of rotatable bonds is 3. The van der Waals surface area contributed by atoms with Gasteiger partial charge in [0.2, 0.25) is 6.10 Å². The van der Waals surface area contributed by atoms with Crippen molar-refractivity contribution in [2.45, 2.75) is 6.10 Å². The lowest BCUT2D eigenvalue weighted by Crippen LogP contribution is -2.40. The highest BCUT2D eigenvalue weighted by Gasteiger charge is 2.27. The number of benzene rings is 2. The first-order valence-corrected chi connectivity index (χ1v) is 6.70. The zero-order valence-electron chi connectivity index (χ0n) is 11.8. The Hall–Kier alpha value is -2.76. The molecule has 1 aliphatic rings. The molecule has 1 aliphatic heterocycles. The molecule has 114 valence electrons. The first-order valence-electron chi connectivity index (χ1n) is 6.70. The van der Waals surface area contributed by atoms with E-state index in [0.29, 0.717) is 17.2 Å². The molecular weight excluding hydrogens is 289 g/mol. The zero-order valence-corrected chi connectivity index (χ0v) is 11.8. The molecule has 0 spiro atoms. The summed E-state index contributed by atoms with van der Waals surface area (Å²) < 4.78 is 29.3. The van der Waals surface area contributed by atoms with Crippen LogP contribution in [-0.2, 0) is 4.79 Å². The molecule has 0 aliphatic carbocycles. The molecule has 6 heteroatoms. The summed E-state index contributed by atoms with van der Waals surface area (Å²) in [6.45, 7) is 0.104. The minimum Gasteiger partial charge on any atom is -0.494 e. The number of fused-ring (bicyclic) bond motifs is 1. The number of methoxy groups -OCH3 is 1. The molecule has 1 unspecified atom stereocenters. The van der Waals surface area contributed by atoms with Crippen molar-refractivity contribution in [1.29, 1.82) is 0 Å². The predicted octanol–water partition coefficient (Wildman–Crippen LogP) is 2.61. The topological polar surface area (TPSA) is 56.8 Å². The molecule has 2 aromatic rings. The maximum absolute atomic E-state index is 13.2. The summed E-state index contributed by atoms with van der Waals surface area (Å²) in [4.78, 5) is 12.3. The van der Waals surface area contributed by atoms with E-state index < -0.39 is 11.9 Å². The fourth-order valence-corrected chi connectivity index (χ4v) is 2.13. The van der Waals surface area contributed by atoms with Gasteiger partial charge >= 0.3 is 0 Å². The summed E-state index contributed by atoms with van der Waals surface area (Å²) in [5, 5.41) is 2.65. The van der Waals surface area contributed by atoms with Gasteiger partial charge < -0.3 is 19.5 Å². The van der Waals surface area contributed by atoms with E-state index in [1.54, 1.807) is 18.2 Å². The van der Waals surface area contributed by atoms with Gasteiger partial charge in [0, 0.05) is 6.07 Å². The van der Waals surface area contributed by atoms with Crippen molar-refractivity contribution in [1.82, 2.24) is 0 Å². The van der Waals surface area contributed by atoms with Crippen molar-refractivity contribution >= 4 is 11.6 Å². The first-order chi connectivity index (χ1) is 10.7. The van der Waals surface area contributed by atoms with Crippen molar-refractivity contribution < 1.29 is 23.4 Å². The van der Waals surface area contributed by atoms with E-state index >= 15 is 0 Å². The fourth-order valence-electron chi connectivity index (χ4n) is 2.13. The second-order valence-corrected chi connectivity index (χ2v) is 4.70. The predicted molar refractivity (Wildman–Crippen MR) is 77.9 cm³/mol. The van der Waals surface area contributed by atoms with Gasteiger partial charge in [0.1, 0.15) is 18.2 Å². The largest absolute Gasteiger partial charge is 0.494 e. The maximum atomic E-state index is 13.2. The average Bonchev–Trinajstić information content (AvgIpc) is 2.55. The second-order valence-electron chi connectivity index (χ2n) is 4.70. The first kappa shape index (κ1) is 14.2. The van der Waals surface area contributed by atoms with Crippen LogP contribution in [0.2, 0.25) is 0 Å². The zero-order chi connectivity index (χ0) is 15.5. The number of hydrogen-bond acceptors (Lipinski definition) is 4. The second kappa shape index (κ2) is 5.93. The van der Waals surface area contributed by atoms with E-state index in [9.17, 15) is 9.18 Å². The molecule has 0 saturated carbocycles. The van der Waals surface area contributed by atoms with Gasteiger partial charge in [-0.15, -0.1) is 0 Å². The quantitative estimate of drug-likeness (QED) is 0.947. The molecule has 1 amide bonds. The fraction of sp³-hybridized carbons (Fsp3) is 0.188. The van der Waals surface area contributed by atoms with Gasteiger partial charge in [0.15, 0.2) is 11.5 Å². The minimum absolute atomic E-state index is 0.104. The molecule has 0 fully saturated rings. The van der Waals surface area contributed by atoms with Gasteiger partial charge in [0.25, 0.3) is 5.91 Å². The highest BCUT2D eigenvalue weighted by Crippen LogP contribution is 2.31. The lowest BCUT2D eigenvalue weighted by molar-refractivity contribution is -0.125. The number of para-hydroxylation sites is 2. The van der Waals surface area contributed by atoms with Crippen LogP contribution in [0.5, 0.6) is 17.2 Å². The summed E-state index contributed by atoms with van der Waals surface area (Å²) in [6, 6.07) is 11.0. The van der Waals surface area contributed by atoms with E-state index in [-0.39, 0.29) is 18.3 Å². The van der Waals surface area contributed by atoms with Crippen LogP contribution in [0.1, 0.15) is 0 Å². The molecule has 22 heavy (non-hydrogen) atoms. The van der Waals surface area contributed by atoms with Crippen LogP contribution < -0.4 is 19.5 Å². The van der Waals surface area contributed by atoms with E-state index in [2.05, 4.69) is 5.32 Å². The Bertz CT molecular complexity index is 704. The molecule has 0 bridgehead atoms. The van der Waals surface area contributed by atoms with Gasteiger partial charge in [-0.3, -0.25) is 4.79 Å². The number of amides is 1. The molecule has 0 saturated heterocycles. The van der Waals surface area contributed by atoms with Crippen molar-refractivity contribution in [3.05, 3.63) is 48.3 Å². The molecule has 1 atom stereocenters. The van der Waals surface area contributed by atoms with Crippen molar-refractivity contribution in [2.75, 3.05) is 19.0 Å². The monoisotopic (exact) mass is 303 g/mol. The molecule has 5 nitrogen and oxygen atoms in total. The number of carbonyl (C=O) groups is 1.